The van der Waals surface area contributed by atoms with Crippen LogP contribution in [-0.4, -0.2) is 28.5 Å². The molecule has 0 radical (unpaired) electrons. The van der Waals surface area contributed by atoms with Crippen molar-refractivity contribution < 1.29 is 14.3 Å². The molecule has 1 aliphatic carbocycles. The van der Waals surface area contributed by atoms with E-state index in [4.69, 9.17) is 0 Å². The molecule has 0 bridgehead atoms. The lowest BCUT2D eigenvalue weighted by atomic mass is 10.0. The highest BCUT2D eigenvalue weighted by Crippen LogP contribution is 2.20. The molecule has 0 aliphatic heterocycles. The Balaban J connectivity index is 1.63. The Labute approximate surface area is 134 Å². The predicted molar refractivity (Wildman–Crippen MR) is 85.3 cm³/mol. The van der Waals surface area contributed by atoms with E-state index in [1.807, 2.05) is 4.57 Å². The Bertz CT molecular complexity index is 719. The van der Waals surface area contributed by atoms with Gasteiger partial charge in [-0.1, -0.05) is 0 Å². The molecule has 1 aromatic heterocycles. The summed E-state index contributed by atoms with van der Waals surface area (Å²) in [5, 5.41) is 2.83. The first-order valence-corrected chi connectivity index (χ1v) is 7.68. The molecule has 120 valence electrons. The van der Waals surface area contributed by atoms with E-state index >= 15 is 0 Å². The van der Waals surface area contributed by atoms with Crippen molar-refractivity contribution in [2.75, 3.05) is 12.4 Å². The Morgan fingerprint density at radius 1 is 1.22 bits per heavy atom. The highest BCUT2D eigenvalue weighted by Gasteiger charge is 2.16. The zero-order chi connectivity index (χ0) is 16.2. The van der Waals surface area contributed by atoms with Gasteiger partial charge in [0.05, 0.1) is 24.7 Å². The van der Waals surface area contributed by atoms with Crippen LogP contribution in [0.25, 0.3) is 0 Å². The van der Waals surface area contributed by atoms with Crippen LogP contribution in [0.3, 0.4) is 0 Å². The number of nitrogens with one attached hydrogen (secondary N) is 1. The number of fused-ring (bicyclic) bond motifs is 1. The molecule has 23 heavy (non-hydrogen) atoms. The second kappa shape index (κ2) is 6.64. The van der Waals surface area contributed by atoms with Crippen molar-refractivity contribution in [2.45, 2.75) is 32.2 Å². The van der Waals surface area contributed by atoms with Crippen LogP contribution in [0.4, 0.5) is 5.69 Å². The van der Waals surface area contributed by atoms with Crippen molar-refractivity contribution in [1.29, 1.82) is 0 Å². The summed E-state index contributed by atoms with van der Waals surface area (Å²) < 4.78 is 6.57. The summed E-state index contributed by atoms with van der Waals surface area (Å²) >= 11 is 0. The van der Waals surface area contributed by atoms with Gasteiger partial charge >= 0.3 is 5.97 Å². The minimum atomic E-state index is -0.395. The number of aromatic nitrogens is 2. The standard InChI is InChI=1S/C17H19N3O3/c1-23-17(22)12-6-8-13(9-7-12)19-16(21)10-20-11-18-14-4-2-3-5-15(14)20/h6-9,11H,2-5,10H2,1H3,(H,19,21). The summed E-state index contributed by atoms with van der Waals surface area (Å²) in [5.41, 5.74) is 3.39. The van der Waals surface area contributed by atoms with Crippen molar-refractivity contribution in [3.05, 3.63) is 47.5 Å². The number of aryl methyl sites for hydroxylation is 1. The van der Waals surface area contributed by atoms with Gasteiger partial charge in [-0.2, -0.15) is 0 Å². The second-order valence-corrected chi connectivity index (χ2v) is 5.59. The van der Waals surface area contributed by atoms with Gasteiger partial charge in [-0.05, 0) is 49.9 Å². The lowest BCUT2D eigenvalue weighted by Crippen LogP contribution is -2.20. The number of imidazole rings is 1. The predicted octanol–water partition coefficient (Wildman–Crippen LogP) is 2.19. The third-order valence-corrected chi connectivity index (χ3v) is 4.01. The van der Waals surface area contributed by atoms with Crippen LogP contribution in [-0.2, 0) is 28.9 Å². The summed E-state index contributed by atoms with van der Waals surface area (Å²) in [6.07, 6.45) is 6.04. The maximum absolute atomic E-state index is 12.2. The number of nitrogens with zero attached hydrogens (tertiary/aromatic N) is 2. The lowest BCUT2D eigenvalue weighted by molar-refractivity contribution is -0.116. The Kier molecular flexibility index (Phi) is 4.41. The van der Waals surface area contributed by atoms with Crippen molar-refractivity contribution in [3.8, 4) is 0 Å². The van der Waals surface area contributed by atoms with Crippen LogP contribution in [0, 0.1) is 0 Å². The Morgan fingerprint density at radius 3 is 2.70 bits per heavy atom. The van der Waals surface area contributed by atoms with Crippen LogP contribution in [0.1, 0.15) is 34.6 Å². The molecule has 1 heterocycles. The third kappa shape index (κ3) is 3.41. The van der Waals surface area contributed by atoms with Gasteiger partial charge in [0.15, 0.2) is 0 Å². The molecular formula is C17H19N3O3. The van der Waals surface area contributed by atoms with Crippen LogP contribution in [0.5, 0.6) is 0 Å². The van der Waals surface area contributed by atoms with Gasteiger partial charge in [0.25, 0.3) is 0 Å². The quantitative estimate of drug-likeness (QED) is 0.878. The van der Waals surface area contributed by atoms with Crippen molar-refractivity contribution in [2.24, 2.45) is 0 Å². The fourth-order valence-electron chi connectivity index (χ4n) is 2.83. The molecule has 2 aromatic rings. The number of amides is 1. The van der Waals surface area contributed by atoms with Crippen LogP contribution >= 0.6 is 0 Å². The fourth-order valence-corrected chi connectivity index (χ4v) is 2.83. The van der Waals surface area contributed by atoms with Gasteiger partial charge in [0.1, 0.15) is 6.54 Å². The first-order valence-electron chi connectivity index (χ1n) is 7.68. The molecule has 3 rings (SSSR count). The van der Waals surface area contributed by atoms with E-state index in [9.17, 15) is 9.59 Å². The number of methoxy groups -OCH3 is 1. The van der Waals surface area contributed by atoms with Gasteiger partial charge in [0.2, 0.25) is 5.91 Å². The summed E-state index contributed by atoms with van der Waals surface area (Å²) in [7, 11) is 1.34. The van der Waals surface area contributed by atoms with Gasteiger partial charge in [0, 0.05) is 11.4 Å². The summed E-state index contributed by atoms with van der Waals surface area (Å²) in [6.45, 7) is 0.251. The number of rotatable bonds is 4. The maximum atomic E-state index is 12.2. The second-order valence-electron chi connectivity index (χ2n) is 5.59. The van der Waals surface area contributed by atoms with E-state index in [0.29, 0.717) is 11.3 Å². The molecule has 6 nitrogen and oxygen atoms in total. The molecule has 6 heteroatoms. The molecule has 0 saturated carbocycles. The fraction of sp³-hybridized carbons (Fsp3) is 0.353. The van der Waals surface area contributed by atoms with E-state index in [1.54, 1.807) is 30.6 Å². The zero-order valence-electron chi connectivity index (χ0n) is 13.0. The number of hydrogen-bond donors (Lipinski definition) is 1. The molecular weight excluding hydrogens is 294 g/mol. The minimum absolute atomic E-state index is 0.110. The molecule has 1 N–H and O–H groups in total. The van der Waals surface area contributed by atoms with E-state index in [0.717, 1.165) is 25.0 Å². The zero-order valence-corrected chi connectivity index (χ0v) is 13.0. The van der Waals surface area contributed by atoms with Gasteiger partial charge < -0.3 is 14.6 Å². The summed E-state index contributed by atoms with van der Waals surface area (Å²) in [5.74, 6) is -0.505. The number of anilines is 1. The average Bonchev–Trinajstić information content (AvgIpc) is 2.98. The van der Waals surface area contributed by atoms with Crippen molar-refractivity contribution in [3.63, 3.8) is 0 Å². The first kappa shape index (κ1) is 15.3. The molecule has 1 amide bonds. The van der Waals surface area contributed by atoms with Crippen LogP contribution in [0.15, 0.2) is 30.6 Å². The SMILES string of the molecule is COC(=O)c1ccc(NC(=O)Cn2cnc3c2CCCC3)cc1. The van der Waals surface area contributed by atoms with E-state index in [-0.39, 0.29) is 12.5 Å². The Hall–Kier alpha value is -2.63. The van der Waals surface area contributed by atoms with Crippen LogP contribution in [0.2, 0.25) is 0 Å². The number of benzene rings is 1. The molecule has 0 fully saturated rings. The van der Waals surface area contributed by atoms with Gasteiger partial charge in [-0.25, -0.2) is 9.78 Å². The number of hydrogen-bond acceptors (Lipinski definition) is 4. The Morgan fingerprint density at radius 2 is 1.96 bits per heavy atom. The molecule has 0 atom stereocenters. The molecule has 0 saturated heterocycles. The largest absolute Gasteiger partial charge is 0.465 e. The summed E-state index contributed by atoms with van der Waals surface area (Å²) in [4.78, 5) is 28.0. The topological polar surface area (TPSA) is 73.2 Å². The van der Waals surface area contributed by atoms with Gasteiger partial charge in [-0.15, -0.1) is 0 Å². The normalized spacial score (nSPS) is 13.3. The third-order valence-electron chi connectivity index (χ3n) is 4.01. The van der Waals surface area contributed by atoms with E-state index < -0.39 is 5.97 Å². The lowest BCUT2D eigenvalue weighted by Gasteiger charge is -2.14. The number of esters is 1. The van der Waals surface area contributed by atoms with E-state index in [2.05, 4.69) is 15.0 Å². The highest BCUT2D eigenvalue weighted by atomic mass is 16.5. The monoisotopic (exact) mass is 313 g/mol. The minimum Gasteiger partial charge on any atom is -0.465 e. The van der Waals surface area contributed by atoms with Crippen molar-refractivity contribution >= 4 is 17.6 Å². The summed E-state index contributed by atoms with van der Waals surface area (Å²) in [6, 6.07) is 6.63. The molecule has 0 unspecified atom stereocenters. The highest BCUT2D eigenvalue weighted by molar-refractivity contribution is 5.93. The van der Waals surface area contributed by atoms with E-state index in [1.165, 1.54) is 19.2 Å². The smallest absolute Gasteiger partial charge is 0.337 e. The van der Waals surface area contributed by atoms with Crippen molar-refractivity contribution in [1.82, 2.24) is 9.55 Å². The maximum Gasteiger partial charge on any atom is 0.337 e. The number of ether oxygens (including phenoxy) is 1. The molecule has 0 spiro atoms. The number of carbonyl (C=O) groups excluding carboxylic acids is 2. The number of carbonyl (C=O) groups is 2. The molecule has 1 aromatic carbocycles. The van der Waals surface area contributed by atoms with Gasteiger partial charge in [-0.3, -0.25) is 4.79 Å². The van der Waals surface area contributed by atoms with Crippen LogP contribution < -0.4 is 5.32 Å². The molecule has 1 aliphatic rings. The average molecular weight is 313 g/mol. The first-order chi connectivity index (χ1) is 11.2.